The maximum atomic E-state index is 12.1. The maximum absolute atomic E-state index is 12.1. The van der Waals surface area contributed by atoms with E-state index in [-0.39, 0.29) is 17.9 Å². The molecule has 0 bridgehead atoms. The van der Waals surface area contributed by atoms with Gasteiger partial charge < -0.3 is 14.7 Å². The molecule has 2 aliphatic rings. The first-order valence-corrected chi connectivity index (χ1v) is 6.05. The van der Waals surface area contributed by atoms with Crippen LogP contribution < -0.4 is 0 Å². The number of carbonyl (C=O) groups is 2. The van der Waals surface area contributed by atoms with Crippen molar-refractivity contribution in [2.75, 3.05) is 14.2 Å². The second-order valence-corrected chi connectivity index (χ2v) is 5.13. The second-order valence-electron chi connectivity index (χ2n) is 5.13. The highest BCUT2D eigenvalue weighted by Crippen LogP contribution is 2.41. The maximum Gasteiger partial charge on any atom is 0.329 e. The van der Waals surface area contributed by atoms with Gasteiger partial charge in [-0.3, -0.25) is 4.79 Å². The Balaban J connectivity index is 2.06. The van der Waals surface area contributed by atoms with Gasteiger partial charge in [-0.05, 0) is 12.8 Å². The molecule has 0 unspecified atom stereocenters. The lowest BCUT2D eigenvalue weighted by Gasteiger charge is -2.50. The van der Waals surface area contributed by atoms with Crippen LogP contribution in [-0.4, -0.2) is 47.7 Å². The molecule has 2 rings (SSSR count). The number of nitrogens with zero attached hydrogens (tertiary/aromatic N) is 1. The third kappa shape index (κ3) is 1.82. The zero-order valence-corrected chi connectivity index (χ0v) is 10.3. The predicted molar refractivity (Wildman–Crippen MR) is 60.5 cm³/mol. The van der Waals surface area contributed by atoms with Gasteiger partial charge in [0.2, 0.25) is 5.91 Å². The van der Waals surface area contributed by atoms with E-state index in [4.69, 9.17) is 4.74 Å². The molecule has 0 aromatic rings. The SMILES string of the molecule is COC1CC(C(=O)O)(N(C)C(=O)C2CCC2)C1. The Bertz CT molecular complexity index is 331. The van der Waals surface area contributed by atoms with Crippen molar-refractivity contribution in [2.24, 2.45) is 5.92 Å². The minimum Gasteiger partial charge on any atom is -0.479 e. The molecule has 0 atom stereocenters. The van der Waals surface area contributed by atoms with E-state index in [1.165, 1.54) is 4.90 Å². The van der Waals surface area contributed by atoms with Crippen molar-refractivity contribution < 1.29 is 19.4 Å². The Labute approximate surface area is 101 Å². The first kappa shape index (κ1) is 12.4. The molecule has 1 amide bonds. The highest BCUT2D eigenvalue weighted by Gasteiger charge is 2.56. The van der Waals surface area contributed by atoms with E-state index >= 15 is 0 Å². The van der Waals surface area contributed by atoms with E-state index in [9.17, 15) is 14.7 Å². The average molecular weight is 241 g/mol. The third-order valence-electron chi connectivity index (χ3n) is 4.29. The van der Waals surface area contributed by atoms with Gasteiger partial charge in [-0.2, -0.15) is 0 Å². The van der Waals surface area contributed by atoms with Gasteiger partial charge in [-0.15, -0.1) is 0 Å². The summed E-state index contributed by atoms with van der Waals surface area (Å²) in [5, 5.41) is 9.34. The lowest BCUT2D eigenvalue weighted by molar-refractivity contribution is -0.177. The van der Waals surface area contributed by atoms with Crippen LogP contribution in [0.2, 0.25) is 0 Å². The van der Waals surface area contributed by atoms with Crippen LogP contribution in [-0.2, 0) is 14.3 Å². The summed E-state index contributed by atoms with van der Waals surface area (Å²) in [5.74, 6) is -0.896. The summed E-state index contributed by atoms with van der Waals surface area (Å²) in [4.78, 5) is 24.9. The predicted octanol–water partition coefficient (Wildman–Crippen LogP) is 0.877. The van der Waals surface area contributed by atoms with Crippen LogP contribution >= 0.6 is 0 Å². The molecule has 17 heavy (non-hydrogen) atoms. The van der Waals surface area contributed by atoms with Crippen molar-refractivity contribution in [3.05, 3.63) is 0 Å². The highest BCUT2D eigenvalue weighted by molar-refractivity contribution is 5.89. The molecule has 0 spiro atoms. The Morgan fingerprint density at radius 1 is 1.35 bits per heavy atom. The number of carboxylic acids is 1. The summed E-state index contributed by atoms with van der Waals surface area (Å²) < 4.78 is 5.12. The van der Waals surface area contributed by atoms with E-state index in [0.717, 1.165) is 19.3 Å². The lowest BCUT2D eigenvalue weighted by atomic mass is 9.71. The number of carbonyl (C=O) groups excluding carboxylic acids is 1. The number of aliphatic carboxylic acids is 1. The van der Waals surface area contributed by atoms with Crippen LogP contribution in [0.25, 0.3) is 0 Å². The number of methoxy groups -OCH3 is 1. The van der Waals surface area contributed by atoms with Crippen molar-refractivity contribution in [3.63, 3.8) is 0 Å². The number of hydrogen-bond donors (Lipinski definition) is 1. The molecule has 0 saturated heterocycles. The monoisotopic (exact) mass is 241 g/mol. The molecule has 2 fully saturated rings. The quantitative estimate of drug-likeness (QED) is 0.793. The zero-order valence-electron chi connectivity index (χ0n) is 10.3. The molecule has 5 nitrogen and oxygen atoms in total. The number of carboxylic acid groups (broad SMARTS) is 1. The first-order chi connectivity index (χ1) is 8.01. The van der Waals surface area contributed by atoms with Gasteiger partial charge in [0.05, 0.1) is 6.10 Å². The molecule has 0 aromatic heterocycles. The van der Waals surface area contributed by atoms with Gasteiger partial charge in [0.1, 0.15) is 5.54 Å². The molecule has 0 aromatic carbocycles. The van der Waals surface area contributed by atoms with Crippen LogP contribution in [0, 0.1) is 5.92 Å². The molecule has 1 N–H and O–H groups in total. The van der Waals surface area contributed by atoms with E-state index in [1.54, 1.807) is 14.2 Å². The van der Waals surface area contributed by atoms with Gasteiger partial charge in [0.25, 0.3) is 0 Å². The van der Waals surface area contributed by atoms with Gasteiger partial charge in [0, 0.05) is 32.9 Å². The topological polar surface area (TPSA) is 66.8 Å². The summed E-state index contributed by atoms with van der Waals surface area (Å²) in [5.41, 5.74) is -1.03. The summed E-state index contributed by atoms with van der Waals surface area (Å²) >= 11 is 0. The third-order valence-corrected chi connectivity index (χ3v) is 4.29. The van der Waals surface area contributed by atoms with Gasteiger partial charge in [-0.1, -0.05) is 6.42 Å². The number of likely N-dealkylation sites (N-methyl/N-ethyl adjacent to an activating group) is 1. The van der Waals surface area contributed by atoms with E-state index < -0.39 is 11.5 Å². The Hall–Kier alpha value is -1.10. The van der Waals surface area contributed by atoms with Gasteiger partial charge in [0.15, 0.2) is 0 Å². The fourth-order valence-corrected chi connectivity index (χ4v) is 2.59. The normalized spacial score (nSPS) is 32.5. The van der Waals surface area contributed by atoms with Crippen molar-refractivity contribution in [2.45, 2.75) is 43.7 Å². The van der Waals surface area contributed by atoms with E-state index in [2.05, 4.69) is 0 Å². The number of ether oxygens (including phenoxy) is 1. The number of hydrogen-bond acceptors (Lipinski definition) is 3. The van der Waals surface area contributed by atoms with Gasteiger partial charge >= 0.3 is 5.97 Å². The molecular formula is C12H19NO4. The molecule has 2 saturated carbocycles. The molecule has 0 heterocycles. The summed E-state index contributed by atoms with van der Waals surface area (Å²) in [7, 11) is 3.19. The van der Waals surface area contributed by atoms with Crippen molar-refractivity contribution >= 4 is 11.9 Å². The van der Waals surface area contributed by atoms with Crippen molar-refractivity contribution in [1.29, 1.82) is 0 Å². The standard InChI is InChI=1S/C12H19NO4/c1-13(10(14)8-4-3-5-8)12(11(15)16)6-9(7-12)17-2/h8-9H,3-7H2,1-2H3,(H,15,16). The molecule has 2 aliphatic carbocycles. The van der Waals surface area contributed by atoms with Crippen LogP contribution in [0.4, 0.5) is 0 Å². The Morgan fingerprint density at radius 2 is 1.94 bits per heavy atom. The fourth-order valence-electron chi connectivity index (χ4n) is 2.59. The minimum atomic E-state index is -1.03. The molecule has 5 heteroatoms. The van der Waals surface area contributed by atoms with E-state index in [0.29, 0.717) is 12.8 Å². The lowest BCUT2D eigenvalue weighted by Crippen LogP contribution is -2.65. The average Bonchev–Trinajstić information content (AvgIpc) is 2.13. The van der Waals surface area contributed by atoms with Crippen LogP contribution in [0.5, 0.6) is 0 Å². The fraction of sp³-hybridized carbons (Fsp3) is 0.833. The zero-order chi connectivity index (χ0) is 12.6. The summed E-state index contributed by atoms with van der Waals surface area (Å²) in [6.07, 6.45) is 3.62. The smallest absolute Gasteiger partial charge is 0.329 e. The van der Waals surface area contributed by atoms with Gasteiger partial charge in [-0.25, -0.2) is 4.79 Å². The molecule has 0 aliphatic heterocycles. The Morgan fingerprint density at radius 3 is 2.29 bits per heavy atom. The van der Waals surface area contributed by atoms with Crippen LogP contribution in [0.1, 0.15) is 32.1 Å². The van der Waals surface area contributed by atoms with Crippen LogP contribution in [0.3, 0.4) is 0 Å². The first-order valence-electron chi connectivity index (χ1n) is 6.05. The highest BCUT2D eigenvalue weighted by atomic mass is 16.5. The van der Waals surface area contributed by atoms with E-state index in [1.807, 2.05) is 0 Å². The number of amides is 1. The summed E-state index contributed by atoms with van der Waals surface area (Å²) in [6.45, 7) is 0. The van der Waals surface area contributed by atoms with Crippen LogP contribution in [0.15, 0.2) is 0 Å². The van der Waals surface area contributed by atoms with Crippen molar-refractivity contribution in [1.82, 2.24) is 4.90 Å². The second kappa shape index (κ2) is 4.29. The summed E-state index contributed by atoms with van der Waals surface area (Å²) in [6, 6.07) is 0. The van der Waals surface area contributed by atoms with Crippen molar-refractivity contribution in [3.8, 4) is 0 Å². The minimum absolute atomic E-state index is 0.0202. The largest absolute Gasteiger partial charge is 0.479 e. The molecule has 0 radical (unpaired) electrons. The Kier molecular flexibility index (Phi) is 3.12. The number of rotatable bonds is 4. The molecule has 96 valence electrons. The molecular weight excluding hydrogens is 222 g/mol.